The number of thioether (sulfide) groups is 1. The zero-order chi connectivity index (χ0) is 21.7. The minimum atomic E-state index is -0.191. The van der Waals surface area contributed by atoms with Crippen molar-refractivity contribution in [3.05, 3.63) is 87.3 Å². The Balaban J connectivity index is 1.80. The number of hydrogen-bond donors (Lipinski definition) is 1. The SMILES string of the molecule is COc1cn(CC(=O)Nc2cc(C)ccc2C)c(CSc2ccc(C)cc2)cc1=O. The summed E-state index contributed by atoms with van der Waals surface area (Å²) in [6.07, 6.45) is 1.61. The molecule has 1 aromatic heterocycles. The van der Waals surface area contributed by atoms with E-state index in [0.29, 0.717) is 5.75 Å². The molecule has 0 aliphatic rings. The van der Waals surface area contributed by atoms with E-state index in [2.05, 4.69) is 29.6 Å². The van der Waals surface area contributed by atoms with E-state index in [-0.39, 0.29) is 23.6 Å². The van der Waals surface area contributed by atoms with Crippen molar-refractivity contribution in [2.24, 2.45) is 0 Å². The van der Waals surface area contributed by atoms with Gasteiger partial charge in [-0.1, -0.05) is 29.8 Å². The molecule has 0 aliphatic heterocycles. The molecule has 1 heterocycles. The number of amides is 1. The van der Waals surface area contributed by atoms with Gasteiger partial charge in [-0.25, -0.2) is 0 Å². The number of nitrogens with one attached hydrogen (secondary N) is 1. The first-order valence-electron chi connectivity index (χ1n) is 9.69. The van der Waals surface area contributed by atoms with Gasteiger partial charge in [-0.3, -0.25) is 9.59 Å². The van der Waals surface area contributed by atoms with Crippen molar-refractivity contribution in [3.63, 3.8) is 0 Å². The number of ether oxygens (including phenoxy) is 1. The molecule has 0 bridgehead atoms. The average Bonchev–Trinajstić information content (AvgIpc) is 2.71. The Morgan fingerprint density at radius 1 is 1.03 bits per heavy atom. The smallest absolute Gasteiger partial charge is 0.244 e. The summed E-state index contributed by atoms with van der Waals surface area (Å²) in [7, 11) is 1.46. The van der Waals surface area contributed by atoms with Crippen molar-refractivity contribution < 1.29 is 9.53 Å². The van der Waals surface area contributed by atoms with Gasteiger partial charge in [0, 0.05) is 28.1 Å². The lowest BCUT2D eigenvalue weighted by Gasteiger charge is -2.16. The number of nitrogens with zero attached hydrogens (tertiary/aromatic N) is 1. The maximum absolute atomic E-state index is 12.7. The second kappa shape index (κ2) is 9.67. The predicted molar refractivity (Wildman–Crippen MR) is 123 cm³/mol. The molecule has 5 nitrogen and oxygen atoms in total. The number of pyridine rings is 1. The normalized spacial score (nSPS) is 10.7. The molecule has 0 spiro atoms. The van der Waals surface area contributed by atoms with Crippen LogP contribution in [0.1, 0.15) is 22.4 Å². The Morgan fingerprint density at radius 2 is 1.73 bits per heavy atom. The van der Waals surface area contributed by atoms with Crippen LogP contribution in [0.25, 0.3) is 0 Å². The van der Waals surface area contributed by atoms with Crippen LogP contribution in [0.5, 0.6) is 5.75 Å². The van der Waals surface area contributed by atoms with Crippen molar-refractivity contribution >= 4 is 23.4 Å². The highest BCUT2D eigenvalue weighted by molar-refractivity contribution is 7.98. The van der Waals surface area contributed by atoms with E-state index in [4.69, 9.17) is 4.74 Å². The first kappa shape index (κ1) is 21.7. The Labute approximate surface area is 181 Å². The fourth-order valence-electron chi connectivity index (χ4n) is 3.03. The third kappa shape index (κ3) is 5.54. The van der Waals surface area contributed by atoms with Crippen molar-refractivity contribution in [1.82, 2.24) is 4.57 Å². The molecule has 1 amide bonds. The standard InChI is InChI=1S/C24H26N2O3S/c1-16-6-9-20(10-7-16)30-15-19-12-22(27)23(29-4)13-26(19)14-24(28)25-21-11-17(2)5-8-18(21)3/h5-13H,14-15H2,1-4H3,(H,25,28). The first-order chi connectivity index (χ1) is 14.4. The van der Waals surface area contributed by atoms with Gasteiger partial charge in [0.05, 0.1) is 13.3 Å². The highest BCUT2D eigenvalue weighted by atomic mass is 32.2. The number of hydrogen-bond acceptors (Lipinski definition) is 4. The third-order valence-electron chi connectivity index (χ3n) is 4.79. The van der Waals surface area contributed by atoms with E-state index >= 15 is 0 Å². The minimum Gasteiger partial charge on any atom is -0.491 e. The third-order valence-corrected chi connectivity index (χ3v) is 5.84. The summed E-state index contributed by atoms with van der Waals surface area (Å²) in [5.41, 5.74) is 4.65. The topological polar surface area (TPSA) is 60.3 Å². The van der Waals surface area contributed by atoms with Crippen molar-refractivity contribution in [2.45, 2.75) is 38.0 Å². The second-order valence-corrected chi connectivity index (χ2v) is 8.34. The van der Waals surface area contributed by atoms with E-state index in [9.17, 15) is 9.59 Å². The lowest BCUT2D eigenvalue weighted by Crippen LogP contribution is -2.23. The van der Waals surface area contributed by atoms with Crippen LogP contribution in [0.15, 0.2) is 64.4 Å². The molecule has 0 unspecified atom stereocenters. The summed E-state index contributed by atoms with van der Waals surface area (Å²) in [5.74, 6) is 0.633. The predicted octanol–water partition coefficient (Wildman–Crippen LogP) is 4.71. The first-order valence-corrected chi connectivity index (χ1v) is 10.7. The number of methoxy groups -OCH3 is 1. The average molecular weight is 423 g/mol. The van der Waals surface area contributed by atoms with Crippen LogP contribution in [0, 0.1) is 20.8 Å². The molecule has 2 aromatic carbocycles. The summed E-state index contributed by atoms with van der Waals surface area (Å²) in [5, 5.41) is 2.97. The molecule has 0 saturated heterocycles. The Bertz CT molecular complexity index is 1100. The number of anilines is 1. The lowest BCUT2D eigenvalue weighted by atomic mass is 10.1. The Kier molecular flexibility index (Phi) is 7.00. The Morgan fingerprint density at radius 3 is 2.43 bits per heavy atom. The lowest BCUT2D eigenvalue weighted by molar-refractivity contribution is -0.116. The van der Waals surface area contributed by atoms with Crippen molar-refractivity contribution in [2.75, 3.05) is 12.4 Å². The summed E-state index contributed by atoms with van der Waals surface area (Å²) < 4.78 is 6.96. The van der Waals surface area contributed by atoms with E-state index in [1.165, 1.54) is 12.7 Å². The zero-order valence-corrected chi connectivity index (χ0v) is 18.5. The molecule has 6 heteroatoms. The van der Waals surface area contributed by atoms with Crippen LogP contribution in [0.4, 0.5) is 5.69 Å². The molecule has 0 radical (unpaired) electrons. The fourth-order valence-corrected chi connectivity index (χ4v) is 3.92. The molecule has 156 valence electrons. The van der Waals surface area contributed by atoms with E-state index in [1.54, 1.807) is 28.6 Å². The maximum atomic E-state index is 12.7. The number of carbonyl (C=O) groups excluding carboxylic acids is 1. The van der Waals surface area contributed by atoms with E-state index in [1.807, 2.05) is 39.0 Å². The van der Waals surface area contributed by atoms with Gasteiger partial charge < -0.3 is 14.6 Å². The van der Waals surface area contributed by atoms with Crippen molar-refractivity contribution in [1.29, 1.82) is 0 Å². The molecule has 0 atom stereocenters. The summed E-state index contributed by atoms with van der Waals surface area (Å²) in [6.45, 7) is 6.08. The number of carbonyl (C=O) groups is 1. The molecule has 0 aliphatic carbocycles. The number of aryl methyl sites for hydroxylation is 3. The highest BCUT2D eigenvalue weighted by Crippen LogP contribution is 2.23. The van der Waals surface area contributed by atoms with Gasteiger partial charge in [-0.15, -0.1) is 11.8 Å². The second-order valence-electron chi connectivity index (χ2n) is 7.29. The maximum Gasteiger partial charge on any atom is 0.244 e. The van der Waals surface area contributed by atoms with Gasteiger partial charge in [-0.05, 0) is 50.1 Å². The van der Waals surface area contributed by atoms with Crippen LogP contribution >= 0.6 is 11.8 Å². The molecular formula is C24H26N2O3S. The minimum absolute atomic E-state index is 0.0911. The highest BCUT2D eigenvalue weighted by Gasteiger charge is 2.12. The molecule has 1 N–H and O–H groups in total. The molecule has 0 saturated carbocycles. The van der Waals surface area contributed by atoms with E-state index in [0.717, 1.165) is 27.4 Å². The zero-order valence-electron chi connectivity index (χ0n) is 17.7. The van der Waals surface area contributed by atoms with Gasteiger partial charge in [-0.2, -0.15) is 0 Å². The number of rotatable bonds is 7. The fraction of sp³-hybridized carbons (Fsp3) is 0.250. The largest absolute Gasteiger partial charge is 0.491 e. The quantitative estimate of drug-likeness (QED) is 0.560. The summed E-state index contributed by atoms with van der Waals surface area (Å²) >= 11 is 1.62. The molecular weight excluding hydrogens is 396 g/mol. The van der Waals surface area contributed by atoms with Crippen LogP contribution in [-0.4, -0.2) is 17.6 Å². The van der Waals surface area contributed by atoms with Crippen molar-refractivity contribution in [3.8, 4) is 5.75 Å². The van der Waals surface area contributed by atoms with E-state index < -0.39 is 0 Å². The molecule has 0 fully saturated rings. The van der Waals surface area contributed by atoms with Crippen LogP contribution in [0.2, 0.25) is 0 Å². The molecule has 30 heavy (non-hydrogen) atoms. The van der Waals surface area contributed by atoms with Gasteiger partial charge in [0.2, 0.25) is 11.3 Å². The molecule has 3 rings (SSSR count). The number of benzene rings is 2. The Hall–Kier alpha value is -2.99. The van der Waals surface area contributed by atoms with Gasteiger partial charge in [0.1, 0.15) is 6.54 Å². The van der Waals surface area contributed by atoms with Crippen LogP contribution in [-0.2, 0) is 17.1 Å². The monoisotopic (exact) mass is 422 g/mol. The summed E-state index contributed by atoms with van der Waals surface area (Å²) in [6, 6.07) is 15.7. The van der Waals surface area contributed by atoms with Gasteiger partial charge in [0.15, 0.2) is 5.75 Å². The number of aromatic nitrogens is 1. The van der Waals surface area contributed by atoms with Crippen LogP contribution < -0.4 is 15.5 Å². The van der Waals surface area contributed by atoms with Gasteiger partial charge >= 0.3 is 0 Å². The summed E-state index contributed by atoms with van der Waals surface area (Å²) in [4.78, 5) is 26.1. The van der Waals surface area contributed by atoms with Crippen LogP contribution in [0.3, 0.4) is 0 Å². The molecule has 3 aromatic rings. The van der Waals surface area contributed by atoms with Gasteiger partial charge in [0.25, 0.3) is 0 Å².